The number of allylic oxidation sites excluding steroid dienone is 1. The molecule has 0 bridgehead atoms. The lowest BCUT2D eigenvalue weighted by molar-refractivity contribution is -0.137. The number of hydrogen-bond acceptors (Lipinski definition) is 3. The van der Waals surface area contributed by atoms with Gasteiger partial charge in [0.25, 0.3) is 0 Å². The van der Waals surface area contributed by atoms with E-state index in [4.69, 9.17) is 0 Å². The molecule has 3 nitrogen and oxygen atoms in total. The predicted molar refractivity (Wildman–Crippen MR) is 50.3 cm³/mol. The Bertz CT molecular complexity index is 173. The number of ether oxygens (including phenoxy) is 1. The fourth-order valence-electron chi connectivity index (χ4n) is 0.860. The Balaban J connectivity index is 3.29. The van der Waals surface area contributed by atoms with Crippen molar-refractivity contribution in [1.29, 1.82) is 0 Å². The Hall–Kier alpha value is -1.12. The summed E-state index contributed by atoms with van der Waals surface area (Å²) in [5.41, 5.74) is 0. The van der Waals surface area contributed by atoms with E-state index in [-0.39, 0.29) is 5.97 Å². The van der Waals surface area contributed by atoms with Crippen molar-refractivity contribution in [2.45, 2.75) is 32.6 Å². The molecule has 0 amide bonds. The minimum Gasteiger partial charge on any atom is -0.463 e. The van der Waals surface area contributed by atoms with Gasteiger partial charge in [0.2, 0.25) is 0 Å². The molecule has 0 unspecified atom stereocenters. The molecular formula is C10H16O3. The Morgan fingerprint density at radius 1 is 1.31 bits per heavy atom. The van der Waals surface area contributed by atoms with Crippen LogP contribution in [0.25, 0.3) is 0 Å². The average Bonchev–Trinajstić information content (AvgIpc) is 2.11. The van der Waals surface area contributed by atoms with Crippen LogP contribution in [-0.2, 0) is 14.3 Å². The minimum absolute atomic E-state index is 0.294. The zero-order valence-corrected chi connectivity index (χ0v) is 7.99. The summed E-state index contributed by atoms with van der Waals surface area (Å²) in [5.74, 6) is -0.294. The van der Waals surface area contributed by atoms with Gasteiger partial charge in [-0.05, 0) is 26.2 Å². The van der Waals surface area contributed by atoms with Crippen molar-refractivity contribution < 1.29 is 14.3 Å². The van der Waals surface area contributed by atoms with Gasteiger partial charge in [-0.2, -0.15) is 0 Å². The third kappa shape index (κ3) is 8.79. The van der Waals surface area contributed by atoms with E-state index in [1.54, 1.807) is 13.0 Å². The number of aldehydes is 1. The second-order valence-corrected chi connectivity index (χ2v) is 2.61. The first-order valence-corrected chi connectivity index (χ1v) is 4.58. The van der Waals surface area contributed by atoms with Crippen molar-refractivity contribution in [1.82, 2.24) is 0 Å². The predicted octanol–water partition coefficient (Wildman–Crippen LogP) is 1.86. The number of esters is 1. The molecule has 0 aromatic heterocycles. The van der Waals surface area contributed by atoms with Gasteiger partial charge in [-0.15, -0.1) is 0 Å². The molecule has 0 aliphatic carbocycles. The number of unbranched alkanes of at least 4 members (excludes halogenated alkanes) is 3. The quantitative estimate of drug-likeness (QED) is 0.262. The summed E-state index contributed by atoms with van der Waals surface area (Å²) < 4.78 is 4.69. The van der Waals surface area contributed by atoms with Crippen molar-refractivity contribution >= 4 is 12.3 Å². The number of carbonyl (C=O) groups is 2. The molecule has 0 spiro atoms. The van der Waals surface area contributed by atoms with Gasteiger partial charge in [0.1, 0.15) is 6.29 Å². The normalized spacial score (nSPS) is 10.2. The maximum absolute atomic E-state index is 10.8. The molecule has 0 aromatic carbocycles. The van der Waals surface area contributed by atoms with E-state index < -0.39 is 0 Å². The van der Waals surface area contributed by atoms with Crippen LogP contribution >= 0.6 is 0 Å². The third-order valence-corrected chi connectivity index (χ3v) is 1.48. The minimum atomic E-state index is -0.294. The zero-order chi connectivity index (χ0) is 9.94. The molecule has 0 atom stereocenters. The molecule has 0 fully saturated rings. The van der Waals surface area contributed by atoms with E-state index >= 15 is 0 Å². The van der Waals surface area contributed by atoms with Crippen LogP contribution in [0.3, 0.4) is 0 Å². The van der Waals surface area contributed by atoms with Crippen LogP contribution < -0.4 is 0 Å². The zero-order valence-electron chi connectivity index (χ0n) is 7.99. The van der Waals surface area contributed by atoms with Crippen molar-refractivity contribution in [2.24, 2.45) is 0 Å². The van der Waals surface area contributed by atoms with Crippen LogP contribution in [0, 0.1) is 0 Å². The van der Waals surface area contributed by atoms with Gasteiger partial charge in [0.15, 0.2) is 0 Å². The van der Waals surface area contributed by atoms with Crippen LogP contribution in [0.4, 0.5) is 0 Å². The molecule has 0 N–H and O–H groups in total. The van der Waals surface area contributed by atoms with Gasteiger partial charge >= 0.3 is 5.97 Å². The van der Waals surface area contributed by atoms with Crippen LogP contribution in [0.5, 0.6) is 0 Å². The summed E-state index contributed by atoms with van der Waals surface area (Å²) >= 11 is 0. The first-order valence-electron chi connectivity index (χ1n) is 4.58. The first-order chi connectivity index (χ1) is 6.31. The molecule has 13 heavy (non-hydrogen) atoms. The maximum Gasteiger partial charge on any atom is 0.330 e. The molecule has 0 saturated carbocycles. The average molecular weight is 184 g/mol. The third-order valence-electron chi connectivity index (χ3n) is 1.48. The van der Waals surface area contributed by atoms with Gasteiger partial charge in [0, 0.05) is 12.5 Å². The fraction of sp³-hybridized carbons (Fsp3) is 0.600. The highest BCUT2D eigenvalue weighted by Gasteiger charge is 1.91. The number of rotatable bonds is 7. The van der Waals surface area contributed by atoms with Gasteiger partial charge in [-0.25, -0.2) is 4.79 Å². The smallest absolute Gasteiger partial charge is 0.330 e. The second kappa shape index (κ2) is 8.97. The maximum atomic E-state index is 10.8. The Morgan fingerprint density at radius 2 is 2.00 bits per heavy atom. The van der Waals surface area contributed by atoms with Crippen molar-refractivity contribution in [2.75, 3.05) is 6.61 Å². The molecular weight excluding hydrogens is 168 g/mol. The lowest BCUT2D eigenvalue weighted by Gasteiger charge is -1.94. The van der Waals surface area contributed by atoms with E-state index in [9.17, 15) is 9.59 Å². The van der Waals surface area contributed by atoms with Gasteiger partial charge in [-0.3, -0.25) is 0 Å². The standard InChI is InChI=1S/C10H16O3/c1-2-13-10(12)8-6-4-3-5-7-9-11/h6,8-9H,2-5,7H2,1H3/b8-6-. The summed E-state index contributed by atoms with van der Waals surface area (Å²) in [6.45, 7) is 2.18. The molecule has 0 aliphatic heterocycles. The lowest BCUT2D eigenvalue weighted by atomic mass is 10.2. The van der Waals surface area contributed by atoms with E-state index in [2.05, 4.69) is 4.74 Å². The Morgan fingerprint density at radius 3 is 2.62 bits per heavy atom. The molecule has 0 radical (unpaired) electrons. The largest absolute Gasteiger partial charge is 0.463 e. The molecule has 3 heteroatoms. The SMILES string of the molecule is CCOC(=O)/C=C\CCCCC=O. The van der Waals surface area contributed by atoms with Crippen molar-refractivity contribution in [3.05, 3.63) is 12.2 Å². The summed E-state index contributed by atoms with van der Waals surface area (Å²) in [6, 6.07) is 0. The van der Waals surface area contributed by atoms with E-state index in [1.807, 2.05) is 0 Å². The first kappa shape index (κ1) is 11.9. The van der Waals surface area contributed by atoms with Gasteiger partial charge < -0.3 is 9.53 Å². The Labute approximate surface area is 78.8 Å². The van der Waals surface area contributed by atoms with E-state index in [0.29, 0.717) is 13.0 Å². The van der Waals surface area contributed by atoms with Crippen LogP contribution in [-0.4, -0.2) is 18.9 Å². The van der Waals surface area contributed by atoms with Gasteiger partial charge in [0.05, 0.1) is 6.61 Å². The summed E-state index contributed by atoms with van der Waals surface area (Å²) in [7, 11) is 0. The highest BCUT2D eigenvalue weighted by Crippen LogP contribution is 1.98. The van der Waals surface area contributed by atoms with Gasteiger partial charge in [-0.1, -0.05) is 6.08 Å². The van der Waals surface area contributed by atoms with E-state index in [1.165, 1.54) is 6.08 Å². The van der Waals surface area contributed by atoms with Crippen LogP contribution in [0.2, 0.25) is 0 Å². The summed E-state index contributed by atoms with van der Waals surface area (Å²) in [5, 5.41) is 0. The second-order valence-electron chi connectivity index (χ2n) is 2.61. The molecule has 74 valence electrons. The highest BCUT2D eigenvalue weighted by atomic mass is 16.5. The molecule has 0 saturated heterocycles. The monoisotopic (exact) mass is 184 g/mol. The fourth-order valence-corrected chi connectivity index (χ4v) is 0.860. The summed E-state index contributed by atoms with van der Waals surface area (Å²) in [4.78, 5) is 20.7. The van der Waals surface area contributed by atoms with E-state index in [0.717, 1.165) is 25.5 Å². The molecule has 0 aromatic rings. The summed E-state index contributed by atoms with van der Waals surface area (Å²) in [6.07, 6.45) is 7.38. The van der Waals surface area contributed by atoms with Crippen molar-refractivity contribution in [3.63, 3.8) is 0 Å². The highest BCUT2D eigenvalue weighted by molar-refractivity contribution is 5.81. The number of hydrogen-bond donors (Lipinski definition) is 0. The number of carbonyl (C=O) groups excluding carboxylic acids is 2. The van der Waals surface area contributed by atoms with Crippen LogP contribution in [0.1, 0.15) is 32.6 Å². The lowest BCUT2D eigenvalue weighted by Crippen LogP contribution is -1.98. The van der Waals surface area contributed by atoms with Crippen LogP contribution in [0.15, 0.2) is 12.2 Å². The molecule has 0 aliphatic rings. The van der Waals surface area contributed by atoms with Crippen molar-refractivity contribution in [3.8, 4) is 0 Å². The topological polar surface area (TPSA) is 43.4 Å². The Kier molecular flexibility index (Phi) is 8.20. The molecule has 0 heterocycles. The molecule has 0 rings (SSSR count).